The molecular formula is C16H18N2. The molecule has 2 aromatic carbocycles. The van der Waals surface area contributed by atoms with Gasteiger partial charge in [0.1, 0.15) is 0 Å². The molecule has 0 amide bonds. The van der Waals surface area contributed by atoms with Gasteiger partial charge in [-0.2, -0.15) is 0 Å². The quantitative estimate of drug-likeness (QED) is 0.803. The Morgan fingerprint density at radius 2 is 1.89 bits per heavy atom. The number of anilines is 2. The second-order valence-corrected chi connectivity index (χ2v) is 5.08. The van der Waals surface area contributed by atoms with E-state index in [4.69, 9.17) is 5.73 Å². The molecule has 1 saturated carbocycles. The molecule has 0 bridgehead atoms. The van der Waals surface area contributed by atoms with Crippen molar-refractivity contribution in [1.29, 1.82) is 0 Å². The highest BCUT2D eigenvalue weighted by Gasteiger charge is 2.38. The first-order chi connectivity index (χ1) is 8.74. The fourth-order valence-corrected chi connectivity index (χ4v) is 2.42. The second kappa shape index (κ2) is 4.37. The van der Waals surface area contributed by atoms with Gasteiger partial charge in [0.2, 0.25) is 0 Å². The monoisotopic (exact) mass is 238 g/mol. The first-order valence-corrected chi connectivity index (χ1v) is 6.41. The zero-order valence-electron chi connectivity index (χ0n) is 10.6. The van der Waals surface area contributed by atoms with Gasteiger partial charge in [0, 0.05) is 23.3 Å². The van der Waals surface area contributed by atoms with E-state index in [1.807, 2.05) is 12.1 Å². The SMILES string of the molecule is Cc1ccc(N)cc1NC1CC1c1ccccc1. The summed E-state index contributed by atoms with van der Waals surface area (Å²) in [7, 11) is 0. The third-order valence-corrected chi connectivity index (χ3v) is 3.62. The lowest BCUT2D eigenvalue weighted by molar-refractivity contribution is 1.04. The van der Waals surface area contributed by atoms with Crippen molar-refractivity contribution >= 4 is 11.4 Å². The topological polar surface area (TPSA) is 38.0 Å². The van der Waals surface area contributed by atoms with E-state index in [1.165, 1.54) is 23.2 Å². The van der Waals surface area contributed by atoms with E-state index in [0.717, 1.165) is 5.69 Å². The van der Waals surface area contributed by atoms with E-state index in [2.05, 4.69) is 48.6 Å². The van der Waals surface area contributed by atoms with Gasteiger partial charge in [0.15, 0.2) is 0 Å². The molecule has 2 heteroatoms. The molecule has 92 valence electrons. The molecule has 3 N–H and O–H groups in total. The van der Waals surface area contributed by atoms with Crippen molar-refractivity contribution in [3.05, 3.63) is 59.7 Å². The zero-order valence-corrected chi connectivity index (χ0v) is 10.6. The number of nitrogens with two attached hydrogens (primary N) is 1. The van der Waals surface area contributed by atoms with Crippen LogP contribution in [0.2, 0.25) is 0 Å². The summed E-state index contributed by atoms with van der Waals surface area (Å²) < 4.78 is 0. The molecule has 18 heavy (non-hydrogen) atoms. The Morgan fingerprint density at radius 1 is 1.11 bits per heavy atom. The minimum Gasteiger partial charge on any atom is -0.399 e. The summed E-state index contributed by atoms with van der Waals surface area (Å²) in [5.74, 6) is 0.645. The Hall–Kier alpha value is -1.96. The predicted molar refractivity (Wildman–Crippen MR) is 76.8 cm³/mol. The van der Waals surface area contributed by atoms with Gasteiger partial charge in [-0.05, 0) is 36.6 Å². The summed E-state index contributed by atoms with van der Waals surface area (Å²) in [6.45, 7) is 2.11. The molecule has 2 unspecified atom stereocenters. The lowest BCUT2D eigenvalue weighted by atomic mass is 10.1. The maximum absolute atomic E-state index is 5.83. The van der Waals surface area contributed by atoms with E-state index < -0.39 is 0 Å². The van der Waals surface area contributed by atoms with E-state index >= 15 is 0 Å². The average molecular weight is 238 g/mol. The maximum atomic E-state index is 5.83. The Morgan fingerprint density at radius 3 is 2.67 bits per heavy atom. The minimum absolute atomic E-state index is 0.549. The molecule has 0 spiro atoms. The first-order valence-electron chi connectivity index (χ1n) is 6.41. The maximum Gasteiger partial charge on any atom is 0.0392 e. The van der Waals surface area contributed by atoms with Crippen LogP contribution in [0, 0.1) is 6.92 Å². The molecule has 1 aliphatic carbocycles. The summed E-state index contributed by atoms with van der Waals surface area (Å²) in [4.78, 5) is 0. The van der Waals surface area contributed by atoms with Crippen molar-refractivity contribution in [1.82, 2.24) is 0 Å². The summed E-state index contributed by atoms with van der Waals surface area (Å²) >= 11 is 0. The average Bonchev–Trinajstić information content (AvgIpc) is 3.14. The molecule has 1 aliphatic rings. The minimum atomic E-state index is 0.549. The van der Waals surface area contributed by atoms with Gasteiger partial charge >= 0.3 is 0 Å². The lowest BCUT2D eigenvalue weighted by Gasteiger charge is -2.10. The molecule has 0 heterocycles. The summed E-state index contributed by atoms with van der Waals surface area (Å²) in [5, 5.41) is 3.59. The highest BCUT2D eigenvalue weighted by atomic mass is 15.0. The molecule has 0 aromatic heterocycles. The normalized spacial score (nSPS) is 21.6. The largest absolute Gasteiger partial charge is 0.399 e. The first kappa shape index (κ1) is 11.1. The molecular weight excluding hydrogens is 220 g/mol. The highest BCUT2D eigenvalue weighted by Crippen LogP contribution is 2.43. The Bertz CT molecular complexity index is 548. The Labute approximate surface area is 108 Å². The van der Waals surface area contributed by atoms with Gasteiger partial charge < -0.3 is 11.1 Å². The van der Waals surface area contributed by atoms with Crippen LogP contribution < -0.4 is 11.1 Å². The lowest BCUT2D eigenvalue weighted by Crippen LogP contribution is -2.06. The zero-order chi connectivity index (χ0) is 12.5. The van der Waals surface area contributed by atoms with Crippen molar-refractivity contribution in [2.75, 3.05) is 11.1 Å². The van der Waals surface area contributed by atoms with Crippen LogP contribution in [0.3, 0.4) is 0 Å². The number of hydrogen-bond donors (Lipinski definition) is 2. The van der Waals surface area contributed by atoms with Crippen molar-refractivity contribution in [3.63, 3.8) is 0 Å². The molecule has 2 nitrogen and oxygen atoms in total. The third-order valence-electron chi connectivity index (χ3n) is 3.62. The standard InChI is InChI=1S/C16H18N2/c1-11-7-8-13(17)9-15(11)18-16-10-14(16)12-5-3-2-4-6-12/h2-9,14,16,18H,10,17H2,1H3. The second-order valence-electron chi connectivity index (χ2n) is 5.08. The fraction of sp³-hybridized carbons (Fsp3) is 0.250. The van der Waals surface area contributed by atoms with Crippen molar-refractivity contribution in [3.8, 4) is 0 Å². The number of aryl methyl sites for hydroxylation is 1. The van der Waals surface area contributed by atoms with Gasteiger partial charge in [-0.3, -0.25) is 0 Å². The van der Waals surface area contributed by atoms with Crippen LogP contribution >= 0.6 is 0 Å². The van der Waals surface area contributed by atoms with E-state index in [-0.39, 0.29) is 0 Å². The number of nitrogen functional groups attached to an aromatic ring is 1. The summed E-state index contributed by atoms with van der Waals surface area (Å²) in [6.07, 6.45) is 1.21. The molecule has 0 radical (unpaired) electrons. The van der Waals surface area contributed by atoms with Crippen LogP contribution in [-0.4, -0.2) is 6.04 Å². The predicted octanol–water partition coefficient (Wildman–Crippen LogP) is 3.55. The van der Waals surface area contributed by atoms with Crippen LogP contribution in [0.5, 0.6) is 0 Å². The molecule has 1 fully saturated rings. The van der Waals surface area contributed by atoms with Crippen LogP contribution in [0.25, 0.3) is 0 Å². The van der Waals surface area contributed by atoms with Crippen LogP contribution in [-0.2, 0) is 0 Å². The van der Waals surface area contributed by atoms with Gasteiger partial charge in [-0.1, -0.05) is 36.4 Å². The Balaban J connectivity index is 1.71. The van der Waals surface area contributed by atoms with Crippen molar-refractivity contribution in [2.45, 2.75) is 25.3 Å². The number of rotatable bonds is 3. The Kier molecular flexibility index (Phi) is 2.71. The van der Waals surface area contributed by atoms with E-state index in [9.17, 15) is 0 Å². The highest BCUT2D eigenvalue weighted by molar-refractivity contribution is 5.60. The fourth-order valence-electron chi connectivity index (χ4n) is 2.42. The molecule has 0 saturated heterocycles. The van der Waals surface area contributed by atoms with Crippen molar-refractivity contribution in [2.24, 2.45) is 0 Å². The van der Waals surface area contributed by atoms with Gasteiger partial charge in [0.25, 0.3) is 0 Å². The molecule has 3 rings (SSSR count). The molecule has 0 aliphatic heterocycles. The van der Waals surface area contributed by atoms with Gasteiger partial charge in [0.05, 0.1) is 0 Å². The smallest absolute Gasteiger partial charge is 0.0392 e. The molecule has 2 aromatic rings. The van der Waals surface area contributed by atoms with Crippen LogP contribution in [0.4, 0.5) is 11.4 Å². The number of benzene rings is 2. The summed E-state index contributed by atoms with van der Waals surface area (Å²) in [5.41, 5.74) is 10.5. The number of nitrogens with one attached hydrogen (secondary N) is 1. The van der Waals surface area contributed by atoms with E-state index in [1.54, 1.807) is 0 Å². The van der Waals surface area contributed by atoms with Gasteiger partial charge in [-0.25, -0.2) is 0 Å². The number of hydrogen-bond acceptors (Lipinski definition) is 2. The van der Waals surface area contributed by atoms with Crippen LogP contribution in [0.1, 0.15) is 23.5 Å². The van der Waals surface area contributed by atoms with Crippen LogP contribution in [0.15, 0.2) is 48.5 Å². The van der Waals surface area contributed by atoms with E-state index in [0.29, 0.717) is 12.0 Å². The third kappa shape index (κ3) is 2.19. The van der Waals surface area contributed by atoms with Crippen molar-refractivity contribution < 1.29 is 0 Å². The summed E-state index contributed by atoms with van der Waals surface area (Å²) in [6, 6.07) is 17.3. The molecule has 2 atom stereocenters. The van der Waals surface area contributed by atoms with Gasteiger partial charge in [-0.15, -0.1) is 0 Å².